The molecule has 7 nitrogen and oxygen atoms in total. The van der Waals surface area contributed by atoms with Crippen LogP contribution in [0.1, 0.15) is 43.9 Å². The fourth-order valence-electron chi connectivity index (χ4n) is 3.01. The van der Waals surface area contributed by atoms with Crippen molar-refractivity contribution in [2.75, 3.05) is 5.32 Å². The molecule has 0 fully saturated rings. The maximum absolute atomic E-state index is 12.3. The SMILES string of the molecule is CCC(Nc1ccc(C(=N)N)cc1)(C(=O)O)c1ccc(OC(C)C)c(CO)c1. The molecule has 2 rings (SSSR count). The molecule has 28 heavy (non-hydrogen) atoms. The predicted octanol–water partition coefficient (Wildman–Crippen LogP) is 3.05. The van der Waals surface area contributed by atoms with E-state index < -0.39 is 11.5 Å². The highest BCUT2D eigenvalue weighted by Gasteiger charge is 2.39. The highest BCUT2D eigenvalue weighted by molar-refractivity contribution is 5.95. The van der Waals surface area contributed by atoms with Crippen LogP contribution < -0.4 is 15.8 Å². The molecule has 150 valence electrons. The molecular formula is C21H27N3O4. The summed E-state index contributed by atoms with van der Waals surface area (Å²) in [7, 11) is 0. The number of hydrogen-bond acceptors (Lipinski definition) is 5. The minimum absolute atomic E-state index is 0.0557. The zero-order valence-corrected chi connectivity index (χ0v) is 16.3. The van der Waals surface area contributed by atoms with Crippen LogP contribution in [0.5, 0.6) is 5.75 Å². The molecular weight excluding hydrogens is 358 g/mol. The van der Waals surface area contributed by atoms with E-state index in [0.717, 1.165) is 0 Å². The number of nitrogens with two attached hydrogens (primary N) is 1. The molecule has 6 N–H and O–H groups in total. The van der Waals surface area contributed by atoms with E-state index in [1.165, 1.54) is 0 Å². The number of aliphatic hydroxyl groups excluding tert-OH is 1. The molecule has 0 aromatic heterocycles. The number of nitrogen functional groups attached to an aromatic ring is 1. The molecule has 1 atom stereocenters. The van der Waals surface area contributed by atoms with Gasteiger partial charge in [-0.1, -0.05) is 13.0 Å². The fourth-order valence-corrected chi connectivity index (χ4v) is 3.01. The maximum atomic E-state index is 12.3. The van der Waals surface area contributed by atoms with Crippen LogP contribution in [0, 0.1) is 5.41 Å². The summed E-state index contributed by atoms with van der Waals surface area (Å²) in [5, 5.41) is 30.3. The Morgan fingerprint density at radius 2 is 1.89 bits per heavy atom. The van der Waals surface area contributed by atoms with Gasteiger partial charge in [-0.05, 0) is 62.2 Å². The Bertz CT molecular complexity index is 849. The van der Waals surface area contributed by atoms with Crippen molar-refractivity contribution in [3.8, 4) is 5.75 Å². The summed E-state index contributed by atoms with van der Waals surface area (Å²) in [6.45, 7) is 5.29. The van der Waals surface area contributed by atoms with Crippen LogP contribution in [-0.2, 0) is 16.9 Å². The molecule has 0 radical (unpaired) electrons. The summed E-state index contributed by atoms with van der Waals surface area (Å²) < 4.78 is 5.69. The fraction of sp³-hybridized carbons (Fsp3) is 0.333. The molecule has 2 aromatic rings. The largest absolute Gasteiger partial charge is 0.491 e. The molecule has 0 bridgehead atoms. The number of aliphatic hydroxyl groups is 1. The van der Waals surface area contributed by atoms with Crippen molar-refractivity contribution in [2.24, 2.45) is 5.73 Å². The van der Waals surface area contributed by atoms with Crippen molar-refractivity contribution in [1.29, 1.82) is 5.41 Å². The molecule has 7 heteroatoms. The number of aliphatic carboxylic acids is 1. The molecule has 0 aliphatic carbocycles. The summed E-state index contributed by atoms with van der Waals surface area (Å²) in [4.78, 5) is 12.3. The van der Waals surface area contributed by atoms with Crippen molar-refractivity contribution >= 4 is 17.5 Å². The van der Waals surface area contributed by atoms with E-state index in [4.69, 9.17) is 15.9 Å². The molecule has 0 amide bonds. The third-order valence-corrected chi connectivity index (χ3v) is 4.54. The van der Waals surface area contributed by atoms with Gasteiger partial charge >= 0.3 is 5.97 Å². The molecule has 0 aliphatic heterocycles. The normalized spacial score (nSPS) is 13.0. The summed E-state index contributed by atoms with van der Waals surface area (Å²) in [6, 6.07) is 11.7. The van der Waals surface area contributed by atoms with Crippen LogP contribution in [-0.4, -0.2) is 28.1 Å². The standard InChI is InChI=1S/C21H27N3O4/c1-4-21(20(26)27,24-17-8-5-14(6-9-17)19(22)23)16-7-10-18(28-13(2)3)15(11-16)12-25/h5-11,13,24-25H,4,12H2,1-3H3,(H3,22,23)(H,26,27). The molecule has 2 aromatic carbocycles. The van der Waals surface area contributed by atoms with Crippen molar-refractivity contribution in [3.63, 3.8) is 0 Å². The molecule has 0 aliphatic rings. The molecule has 0 saturated heterocycles. The molecule has 0 spiro atoms. The van der Waals surface area contributed by atoms with Crippen LogP contribution in [0.25, 0.3) is 0 Å². The number of ether oxygens (including phenoxy) is 1. The van der Waals surface area contributed by atoms with Gasteiger partial charge < -0.3 is 26.0 Å². The van der Waals surface area contributed by atoms with E-state index in [1.807, 2.05) is 13.8 Å². The number of hydrogen-bond donors (Lipinski definition) is 5. The van der Waals surface area contributed by atoms with Gasteiger partial charge in [0.2, 0.25) is 0 Å². The van der Waals surface area contributed by atoms with Crippen LogP contribution in [0.4, 0.5) is 5.69 Å². The average molecular weight is 385 g/mol. The second-order valence-electron chi connectivity index (χ2n) is 6.83. The van der Waals surface area contributed by atoms with E-state index >= 15 is 0 Å². The van der Waals surface area contributed by atoms with E-state index in [2.05, 4.69) is 5.32 Å². The lowest BCUT2D eigenvalue weighted by atomic mass is 9.85. The van der Waals surface area contributed by atoms with Crippen molar-refractivity contribution < 1.29 is 19.7 Å². The first kappa shape index (κ1) is 21.2. The lowest BCUT2D eigenvalue weighted by Crippen LogP contribution is -2.43. The Kier molecular flexibility index (Phi) is 6.64. The minimum Gasteiger partial charge on any atom is -0.491 e. The van der Waals surface area contributed by atoms with Crippen LogP contribution in [0.15, 0.2) is 42.5 Å². The van der Waals surface area contributed by atoms with Gasteiger partial charge in [0.25, 0.3) is 0 Å². The van der Waals surface area contributed by atoms with Gasteiger partial charge in [0.15, 0.2) is 5.54 Å². The Morgan fingerprint density at radius 3 is 2.36 bits per heavy atom. The first-order valence-corrected chi connectivity index (χ1v) is 9.10. The number of benzene rings is 2. The number of carboxylic acid groups (broad SMARTS) is 1. The maximum Gasteiger partial charge on any atom is 0.334 e. The van der Waals surface area contributed by atoms with Gasteiger partial charge in [-0.2, -0.15) is 0 Å². The zero-order valence-electron chi connectivity index (χ0n) is 16.3. The molecule has 0 saturated carbocycles. The third-order valence-electron chi connectivity index (χ3n) is 4.54. The Morgan fingerprint density at radius 1 is 1.25 bits per heavy atom. The van der Waals surface area contributed by atoms with Crippen molar-refractivity contribution in [2.45, 2.75) is 45.4 Å². The number of carbonyl (C=O) groups is 1. The Balaban J connectivity index is 2.47. The first-order valence-electron chi connectivity index (χ1n) is 9.10. The quantitative estimate of drug-likeness (QED) is 0.333. The van der Waals surface area contributed by atoms with Crippen LogP contribution in [0.2, 0.25) is 0 Å². The molecule has 1 unspecified atom stereocenters. The van der Waals surface area contributed by atoms with Crippen molar-refractivity contribution in [1.82, 2.24) is 0 Å². The van der Waals surface area contributed by atoms with Gasteiger partial charge in [0, 0.05) is 16.8 Å². The topological polar surface area (TPSA) is 129 Å². The second kappa shape index (κ2) is 8.75. The Labute approximate surface area is 164 Å². The first-order chi connectivity index (χ1) is 13.2. The van der Waals surface area contributed by atoms with Gasteiger partial charge in [-0.15, -0.1) is 0 Å². The van der Waals surface area contributed by atoms with E-state index in [9.17, 15) is 15.0 Å². The van der Waals surface area contributed by atoms with Gasteiger partial charge in [0.1, 0.15) is 11.6 Å². The lowest BCUT2D eigenvalue weighted by molar-refractivity contribution is -0.142. The third kappa shape index (κ3) is 4.43. The number of amidine groups is 1. The highest BCUT2D eigenvalue weighted by atomic mass is 16.5. The van der Waals surface area contributed by atoms with E-state index in [0.29, 0.717) is 28.1 Å². The van der Waals surface area contributed by atoms with Gasteiger partial charge in [-0.25, -0.2) is 4.79 Å². The number of rotatable bonds is 9. The number of anilines is 1. The average Bonchev–Trinajstić information content (AvgIpc) is 2.66. The highest BCUT2D eigenvalue weighted by Crippen LogP contribution is 2.34. The molecule has 0 heterocycles. The van der Waals surface area contributed by atoms with Gasteiger partial charge in [-0.3, -0.25) is 5.41 Å². The zero-order chi connectivity index (χ0) is 20.9. The number of carboxylic acids is 1. The van der Waals surface area contributed by atoms with Crippen LogP contribution >= 0.6 is 0 Å². The van der Waals surface area contributed by atoms with Crippen LogP contribution in [0.3, 0.4) is 0 Å². The smallest absolute Gasteiger partial charge is 0.334 e. The Hall–Kier alpha value is -3.06. The van der Waals surface area contributed by atoms with Gasteiger partial charge in [0.05, 0.1) is 12.7 Å². The van der Waals surface area contributed by atoms with E-state index in [-0.39, 0.29) is 25.0 Å². The lowest BCUT2D eigenvalue weighted by Gasteiger charge is -2.32. The summed E-state index contributed by atoms with van der Waals surface area (Å²) in [6.07, 6.45) is 0.205. The second-order valence-corrected chi connectivity index (χ2v) is 6.83. The van der Waals surface area contributed by atoms with E-state index in [1.54, 1.807) is 49.4 Å². The monoisotopic (exact) mass is 385 g/mol. The number of nitrogens with one attached hydrogen (secondary N) is 2. The minimum atomic E-state index is -1.39. The summed E-state index contributed by atoms with van der Waals surface area (Å²) in [5.41, 5.74) is 6.26. The summed E-state index contributed by atoms with van der Waals surface area (Å²) in [5.74, 6) is -0.561. The summed E-state index contributed by atoms with van der Waals surface area (Å²) >= 11 is 0. The predicted molar refractivity (Wildman–Crippen MR) is 109 cm³/mol. The van der Waals surface area contributed by atoms with Crippen molar-refractivity contribution in [3.05, 3.63) is 59.2 Å².